The van der Waals surface area contributed by atoms with E-state index in [9.17, 15) is 9.90 Å². The minimum absolute atomic E-state index is 0.178. The maximum atomic E-state index is 13.4. The number of hydrogen-bond donors (Lipinski definition) is 1. The Kier molecular flexibility index (Phi) is 5.40. The molecular formula is C23H19Cl2N3O3. The fourth-order valence-corrected chi connectivity index (χ4v) is 4.66. The van der Waals surface area contributed by atoms with Gasteiger partial charge in [-0.25, -0.2) is 9.97 Å². The lowest BCUT2D eigenvalue weighted by Gasteiger charge is -2.29. The molecule has 1 aliphatic rings. The summed E-state index contributed by atoms with van der Waals surface area (Å²) in [6.45, 7) is 0.706. The van der Waals surface area contributed by atoms with Gasteiger partial charge in [-0.2, -0.15) is 0 Å². The summed E-state index contributed by atoms with van der Waals surface area (Å²) in [6, 6.07) is 12.9. The highest BCUT2D eigenvalue weighted by Crippen LogP contribution is 2.30. The van der Waals surface area contributed by atoms with Crippen LogP contribution < -0.4 is 5.56 Å². The predicted molar refractivity (Wildman–Crippen MR) is 121 cm³/mol. The summed E-state index contributed by atoms with van der Waals surface area (Å²) in [5.41, 5.74) is 2.23. The average Bonchev–Trinajstić information content (AvgIpc) is 2.77. The predicted octanol–water partition coefficient (Wildman–Crippen LogP) is 4.16. The summed E-state index contributed by atoms with van der Waals surface area (Å²) in [4.78, 5) is 22.2. The zero-order chi connectivity index (χ0) is 21.5. The number of aliphatic hydroxyl groups excluding tert-OH is 1. The van der Waals surface area contributed by atoms with Gasteiger partial charge in [-0.15, -0.1) is 0 Å². The van der Waals surface area contributed by atoms with Crippen molar-refractivity contribution >= 4 is 44.9 Å². The lowest BCUT2D eigenvalue weighted by Crippen LogP contribution is -2.39. The molecular weight excluding hydrogens is 437 g/mol. The third-order valence-corrected chi connectivity index (χ3v) is 6.34. The van der Waals surface area contributed by atoms with Crippen molar-refractivity contribution in [2.24, 2.45) is 0 Å². The van der Waals surface area contributed by atoms with E-state index in [1.165, 1.54) is 10.9 Å². The largest absolute Gasteiger partial charge is 0.389 e. The zero-order valence-corrected chi connectivity index (χ0v) is 18.0. The second kappa shape index (κ2) is 8.20. The minimum atomic E-state index is -0.746. The molecule has 6 nitrogen and oxygen atoms in total. The molecule has 1 N–H and O–H groups in total. The maximum Gasteiger partial charge on any atom is 0.261 e. The lowest BCUT2D eigenvalue weighted by atomic mass is 9.96. The molecule has 31 heavy (non-hydrogen) atoms. The summed E-state index contributed by atoms with van der Waals surface area (Å²) in [5.74, 6) is 0. The summed E-state index contributed by atoms with van der Waals surface area (Å²) < 4.78 is 6.84. The number of halogens is 2. The summed E-state index contributed by atoms with van der Waals surface area (Å²) in [7, 11) is 0. The smallest absolute Gasteiger partial charge is 0.261 e. The molecule has 3 heterocycles. The molecule has 8 heteroatoms. The minimum Gasteiger partial charge on any atom is -0.389 e. The van der Waals surface area contributed by atoms with Crippen LogP contribution in [0.2, 0.25) is 10.3 Å². The molecule has 0 saturated carbocycles. The Balaban J connectivity index is 1.71. The van der Waals surface area contributed by atoms with Crippen molar-refractivity contribution < 1.29 is 9.84 Å². The fourth-order valence-electron chi connectivity index (χ4n) is 4.25. The molecule has 1 fully saturated rings. The first-order valence-corrected chi connectivity index (χ1v) is 10.8. The number of hydrogen-bond acceptors (Lipinski definition) is 5. The molecule has 0 amide bonds. The van der Waals surface area contributed by atoms with Crippen LogP contribution in [0.4, 0.5) is 0 Å². The first kappa shape index (κ1) is 20.4. The van der Waals surface area contributed by atoms with Gasteiger partial charge in [0.05, 0.1) is 36.0 Å². The standard InChI is InChI=1S/C23H19Cl2N3O3/c24-20-6-5-13(22(25)27-20)9-14-10-17-21(16-4-2-1-3-15(14)16)26-12-28(23(17)30)18-7-8-31-11-19(18)29/h1-6,10,12,18-19,29H,7-9,11H2/t18-,19-/m0/s1. The summed E-state index contributed by atoms with van der Waals surface area (Å²) >= 11 is 12.2. The number of aliphatic hydroxyl groups is 1. The average molecular weight is 456 g/mol. The van der Waals surface area contributed by atoms with Gasteiger partial charge >= 0.3 is 0 Å². The molecule has 0 aliphatic carbocycles. The topological polar surface area (TPSA) is 77.2 Å². The molecule has 1 aliphatic heterocycles. The number of ether oxygens (including phenoxy) is 1. The molecule has 0 radical (unpaired) electrons. The van der Waals surface area contributed by atoms with E-state index in [4.69, 9.17) is 27.9 Å². The van der Waals surface area contributed by atoms with Crippen LogP contribution in [0.5, 0.6) is 0 Å². The Morgan fingerprint density at radius 2 is 1.90 bits per heavy atom. The Morgan fingerprint density at radius 3 is 2.68 bits per heavy atom. The van der Waals surface area contributed by atoms with E-state index in [1.807, 2.05) is 36.4 Å². The van der Waals surface area contributed by atoms with E-state index < -0.39 is 6.10 Å². The van der Waals surface area contributed by atoms with Crippen molar-refractivity contribution in [1.29, 1.82) is 0 Å². The third kappa shape index (κ3) is 3.70. The van der Waals surface area contributed by atoms with Crippen LogP contribution in [0.1, 0.15) is 23.6 Å². The van der Waals surface area contributed by atoms with Gasteiger partial charge in [0.1, 0.15) is 10.3 Å². The lowest BCUT2D eigenvalue weighted by molar-refractivity contribution is -0.0395. The number of pyridine rings is 1. The molecule has 0 spiro atoms. The van der Waals surface area contributed by atoms with E-state index in [1.54, 1.807) is 6.07 Å². The maximum absolute atomic E-state index is 13.4. The third-order valence-electron chi connectivity index (χ3n) is 5.80. The molecule has 2 aromatic heterocycles. The molecule has 158 valence electrons. The van der Waals surface area contributed by atoms with Crippen LogP contribution in [0.15, 0.2) is 53.6 Å². The highest BCUT2D eigenvalue weighted by molar-refractivity contribution is 6.32. The Labute approximate surface area is 188 Å². The Morgan fingerprint density at radius 1 is 1.10 bits per heavy atom. The van der Waals surface area contributed by atoms with E-state index >= 15 is 0 Å². The summed E-state index contributed by atoms with van der Waals surface area (Å²) in [6.07, 6.45) is 1.84. The van der Waals surface area contributed by atoms with Crippen molar-refractivity contribution in [3.8, 4) is 0 Å². The molecule has 5 rings (SSSR count). The Hall–Kier alpha value is -2.51. The molecule has 0 bridgehead atoms. The van der Waals surface area contributed by atoms with Crippen molar-refractivity contribution in [2.75, 3.05) is 13.2 Å². The highest BCUT2D eigenvalue weighted by atomic mass is 35.5. The van der Waals surface area contributed by atoms with E-state index in [0.717, 1.165) is 21.9 Å². The van der Waals surface area contributed by atoms with Crippen molar-refractivity contribution in [3.05, 3.63) is 80.6 Å². The highest BCUT2D eigenvalue weighted by Gasteiger charge is 2.27. The van der Waals surface area contributed by atoms with Gasteiger partial charge in [0.15, 0.2) is 0 Å². The van der Waals surface area contributed by atoms with Gasteiger partial charge in [0, 0.05) is 18.4 Å². The number of benzene rings is 2. The van der Waals surface area contributed by atoms with Crippen LogP contribution in [-0.2, 0) is 11.2 Å². The molecule has 0 unspecified atom stereocenters. The number of nitrogens with zero attached hydrogens (tertiary/aromatic N) is 3. The zero-order valence-electron chi connectivity index (χ0n) is 16.5. The quantitative estimate of drug-likeness (QED) is 0.370. The van der Waals surface area contributed by atoms with Crippen LogP contribution in [0.3, 0.4) is 0 Å². The van der Waals surface area contributed by atoms with E-state index in [0.29, 0.717) is 40.7 Å². The van der Waals surface area contributed by atoms with Crippen LogP contribution >= 0.6 is 23.2 Å². The normalized spacial score (nSPS) is 19.2. The second-order valence-corrected chi connectivity index (χ2v) is 8.44. The van der Waals surface area contributed by atoms with Gasteiger partial charge < -0.3 is 9.84 Å². The van der Waals surface area contributed by atoms with Gasteiger partial charge in [-0.1, -0.05) is 53.5 Å². The first-order valence-electron chi connectivity index (χ1n) is 10.0. The van der Waals surface area contributed by atoms with Gasteiger partial charge in [0.25, 0.3) is 5.56 Å². The van der Waals surface area contributed by atoms with E-state index in [2.05, 4.69) is 9.97 Å². The van der Waals surface area contributed by atoms with Crippen LogP contribution in [-0.4, -0.2) is 39.0 Å². The van der Waals surface area contributed by atoms with Gasteiger partial charge in [0.2, 0.25) is 0 Å². The summed E-state index contributed by atoms with van der Waals surface area (Å²) in [5, 5.41) is 13.4. The van der Waals surface area contributed by atoms with Crippen molar-refractivity contribution in [2.45, 2.75) is 25.0 Å². The van der Waals surface area contributed by atoms with Crippen molar-refractivity contribution in [3.63, 3.8) is 0 Å². The molecule has 4 aromatic rings. The molecule has 2 aromatic carbocycles. The molecule has 2 atom stereocenters. The first-order chi connectivity index (χ1) is 15.0. The monoisotopic (exact) mass is 455 g/mol. The second-order valence-electron chi connectivity index (χ2n) is 7.69. The van der Waals surface area contributed by atoms with Crippen molar-refractivity contribution in [1.82, 2.24) is 14.5 Å². The number of aromatic nitrogens is 3. The number of rotatable bonds is 3. The van der Waals surface area contributed by atoms with Gasteiger partial charge in [-0.3, -0.25) is 9.36 Å². The van der Waals surface area contributed by atoms with Crippen LogP contribution in [0, 0.1) is 0 Å². The molecule has 1 saturated heterocycles. The fraction of sp³-hybridized carbons (Fsp3) is 0.261. The van der Waals surface area contributed by atoms with Gasteiger partial charge in [-0.05, 0) is 35.1 Å². The number of fused-ring (bicyclic) bond motifs is 3. The Bertz CT molecular complexity index is 1360. The van der Waals surface area contributed by atoms with Crippen LogP contribution in [0.25, 0.3) is 21.7 Å². The SMILES string of the molecule is O=c1c2cc(Cc3ccc(Cl)nc3Cl)c3ccccc3c2ncn1[C@H]1CCOC[C@@H]1O. The van der Waals surface area contributed by atoms with E-state index in [-0.39, 0.29) is 18.2 Å².